The molecular formula is C11H7NO3. The number of carbonyl (C=O) groups excluding carboxylic acids is 3. The monoisotopic (exact) mass is 201 g/mol. The van der Waals surface area contributed by atoms with E-state index >= 15 is 0 Å². The van der Waals surface area contributed by atoms with Gasteiger partial charge in [-0.05, 0) is 23.8 Å². The van der Waals surface area contributed by atoms with Crippen LogP contribution in [0.4, 0.5) is 5.69 Å². The van der Waals surface area contributed by atoms with Crippen LogP contribution in [0, 0.1) is 0 Å². The molecule has 0 fully saturated rings. The van der Waals surface area contributed by atoms with E-state index in [2.05, 4.69) is 5.32 Å². The summed E-state index contributed by atoms with van der Waals surface area (Å²) in [4.78, 5) is 32.4. The van der Waals surface area contributed by atoms with Crippen molar-refractivity contribution in [1.82, 2.24) is 0 Å². The van der Waals surface area contributed by atoms with Crippen molar-refractivity contribution in [3.8, 4) is 0 Å². The van der Waals surface area contributed by atoms with Gasteiger partial charge in [0.05, 0.1) is 11.3 Å². The van der Waals surface area contributed by atoms with E-state index in [0.29, 0.717) is 17.5 Å². The highest BCUT2D eigenvalue weighted by atomic mass is 16.2. The number of hydrogen-bond donors (Lipinski definition) is 1. The molecule has 1 heterocycles. The van der Waals surface area contributed by atoms with Crippen molar-refractivity contribution in [3.63, 3.8) is 0 Å². The van der Waals surface area contributed by atoms with Crippen LogP contribution in [-0.2, 0) is 9.59 Å². The molecule has 0 radical (unpaired) electrons. The van der Waals surface area contributed by atoms with Gasteiger partial charge in [-0.3, -0.25) is 14.4 Å². The number of rotatable bonds is 2. The number of anilines is 1. The number of Topliss-reactive ketones (excluding diaryl/α,β-unsaturated/α-hetero) is 1. The van der Waals surface area contributed by atoms with Gasteiger partial charge in [0.25, 0.3) is 11.7 Å². The lowest BCUT2D eigenvalue weighted by Gasteiger charge is -1.97. The fourth-order valence-corrected chi connectivity index (χ4v) is 1.42. The Balaban J connectivity index is 2.41. The number of ketones is 1. The Morgan fingerprint density at radius 1 is 1.20 bits per heavy atom. The minimum Gasteiger partial charge on any atom is -0.318 e. The summed E-state index contributed by atoms with van der Waals surface area (Å²) >= 11 is 0. The molecule has 0 unspecified atom stereocenters. The molecule has 0 bridgehead atoms. The third-order valence-corrected chi connectivity index (χ3v) is 2.11. The van der Waals surface area contributed by atoms with Gasteiger partial charge in [-0.2, -0.15) is 0 Å². The van der Waals surface area contributed by atoms with Gasteiger partial charge in [0, 0.05) is 0 Å². The summed E-state index contributed by atoms with van der Waals surface area (Å²) < 4.78 is 0. The van der Waals surface area contributed by atoms with Crippen molar-refractivity contribution in [2.75, 3.05) is 5.32 Å². The summed E-state index contributed by atoms with van der Waals surface area (Å²) in [6.45, 7) is 0. The van der Waals surface area contributed by atoms with E-state index in [0.717, 1.165) is 5.56 Å². The lowest BCUT2D eigenvalue weighted by atomic mass is 10.1. The van der Waals surface area contributed by atoms with Gasteiger partial charge in [0.2, 0.25) is 0 Å². The van der Waals surface area contributed by atoms with Crippen molar-refractivity contribution in [1.29, 1.82) is 0 Å². The summed E-state index contributed by atoms with van der Waals surface area (Å²) in [7, 11) is 0. The lowest BCUT2D eigenvalue weighted by molar-refractivity contribution is -0.112. The lowest BCUT2D eigenvalue weighted by Crippen LogP contribution is -2.12. The van der Waals surface area contributed by atoms with Gasteiger partial charge in [0.15, 0.2) is 0 Å². The second kappa shape index (κ2) is 3.49. The zero-order chi connectivity index (χ0) is 10.8. The van der Waals surface area contributed by atoms with Crippen molar-refractivity contribution in [3.05, 3.63) is 35.4 Å². The summed E-state index contributed by atoms with van der Waals surface area (Å²) in [5.41, 5.74) is 1.64. The Bertz CT molecular complexity index is 489. The molecule has 1 amide bonds. The van der Waals surface area contributed by atoms with Crippen LogP contribution in [0.1, 0.15) is 15.9 Å². The van der Waals surface area contributed by atoms with Crippen LogP contribution in [0.5, 0.6) is 0 Å². The van der Waals surface area contributed by atoms with Crippen LogP contribution in [0.3, 0.4) is 0 Å². The van der Waals surface area contributed by atoms with Crippen LogP contribution in [0.15, 0.2) is 24.3 Å². The van der Waals surface area contributed by atoms with Gasteiger partial charge in [-0.1, -0.05) is 12.1 Å². The Morgan fingerprint density at radius 3 is 2.73 bits per heavy atom. The average Bonchev–Trinajstić information content (AvgIpc) is 2.52. The molecule has 0 saturated carbocycles. The van der Waals surface area contributed by atoms with Gasteiger partial charge < -0.3 is 5.32 Å². The third kappa shape index (κ3) is 1.57. The highest BCUT2D eigenvalue weighted by molar-refractivity contribution is 6.51. The van der Waals surface area contributed by atoms with Crippen molar-refractivity contribution in [2.45, 2.75) is 0 Å². The smallest absolute Gasteiger partial charge is 0.296 e. The molecule has 4 nitrogen and oxygen atoms in total. The minimum atomic E-state index is -0.610. The number of amides is 1. The topological polar surface area (TPSA) is 63.2 Å². The van der Waals surface area contributed by atoms with Crippen LogP contribution >= 0.6 is 0 Å². The second-order valence-electron chi connectivity index (χ2n) is 3.08. The predicted octanol–water partition coefficient (Wildman–Crippen LogP) is 1.03. The number of hydrogen-bond acceptors (Lipinski definition) is 3. The van der Waals surface area contributed by atoms with Gasteiger partial charge >= 0.3 is 0 Å². The summed E-state index contributed by atoms with van der Waals surface area (Å²) in [6.07, 6.45) is 3.61. The van der Waals surface area contributed by atoms with E-state index in [1.54, 1.807) is 24.3 Å². The van der Waals surface area contributed by atoms with E-state index < -0.39 is 11.7 Å². The zero-order valence-corrected chi connectivity index (χ0v) is 7.69. The van der Waals surface area contributed by atoms with Crippen LogP contribution in [0.2, 0.25) is 0 Å². The molecule has 0 saturated heterocycles. The third-order valence-electron chi connectivity index (χ3n) is 2.11. The van der Waals surface area contributed by atoms with E-state index in [1.807, 2.05) is 0 Å². The molecule has 0 atom stereocenters. The van der Waals surface area contributed by atoms with E-state index in [4.69, 9.17) is 0 Å². The molecule has 1 aromatic carbocycles. The summed E-state index contributed by atoms with van der Waals surface area (Å²) in [6, 6.07) is 4.90. The van der Waals surface area contributed by atoms with Crippen LogP contribution < -0.4 is 5.32 Å². The molecule has 0 aliphatic carbocycles. The summed E-state index contributed by atoms with van der Waals surface area (Å²) in [5.74, 6) is -1.13. The van der Waals surface area contributed by atoms with Gasteiger partial charge in [0.1, 0.15) is 6.29 Å². The number of benzene rings is 1. The molecule has 1 aliphatic rings. The standard InChI is InChI=1S/C11H7NO3/c13-5-1-2-7-3-4-8-9(6-7)12-11(15)10(8)14/h1-6H,(H,12,14,15). The molecule has 4 heteroatoms. The Kier molecular flexibility index (Phi) is 2.17. The number of allylic oxidation sites excluding steroid dienone is 1. The molecule has 2 rings (SSSR count). The first kappa shape index (κ1) is 9.33. The fraction of sp³-hybridized carbons (Fsp3) is 0. The van der Waals surface area contributed by atoms with Crippen molar-refractivity contribution < 1.29 is 14.4 Å². The molecule has 1 N–H and O–H groups in total. The quantitative estimate of drug-likeness (QED) is 0.441. The number of fused-ring (bicyclic) bond motifs is 1. The first-order chi connectivity index (χ1) is 7.22. The normalized spacial score (nSPS) is 14.1. The molecule has 74 valence electrons. The maximum absolute atomic E-state index is 11.2. The zero-order valence-electron chi connectivity index (χ0n) is 7.69. The first-order valence-electron chi connectivity index (χ1n) is 4.34. The fourth-order valence-electron chi connectivity index (χ4n) is 1.42. The largest absolute Gasteiger partial charge is 0.318 e. The highest BCUT2D eigenvalue weighted by Crippen LogP contribution is 2.24. The SMILES string of the molecule is O=CC=Cc1ccc2c(c1)NC(=O)C2=O. The van der Waals surface area contributed by atoms with Crippen LogP contribution in [-0.4, -0.2) is 18.0 Å². The maximum Gasteiger partial charge on any atom is 0.296 e. The Morgan fingerprint density at radius 2 is 2.00 bits per heavy atom. The van der Waals surface area contributed by atoms with E-state index in [9.17, 15) is 14.4 Å². The van der Waals surface area contributed by atoms with Crippen molar-refractivity contribution in [2.24, 2.45) is 0 Å². The molecular weight excluding hydrogens is 194 g/mol. The molecule has 1 aliphatic heterocycles. The maximum atomic E-state index is 11.2. The number of carbonyl (C=O) groups is 3. The molecule has 0 aromatic heterocycles. The summed E-state index contributed by atoms with van der Waals surface area (Å²) in [5, 5.41) is 2.45. The number of nitrogens with one attached hydrogen (secondary N) is 1. The Hall–Kier alpha value is -2.23. The van der Waals surface area contributed by atoms with Gasteiger partial charge in [-0.15, -0.1) is 0 Å². The highest BCUT2D eigenvalue weighted by Gasteiger charge is 2.27. The first-order valence-corrected chi connectivity index (χ1v) is 4.34. The average molecular weight is 201 g/mol. The molecule has 0 spiro atoms. The van der Waals surface area contributed by atoms with Gasteiger partial charge in [-0.25, -0.2) is 0 Å². The van der Waals surface area contributed by atoms with E-state index in [1.165, 1.54) is 6.08 Å². The molecule has 15 heavy (non-hydrogen) atoms. The van der Waals surface area contributed by atoms with Crippen molar-refractivity contribution >= 4 is 29.7 Å². The number of aldehydes is 1. The van der Waals surface area contributed by atoms with Crippen LogP contribution in [0.25, 0.3) is 6.08 Å². The predicted molar refractivity (Wildman–Crippen MR) is 54.5 cm³/mol. The molecule has 1 aromatic rings. The minimum absolute atomic E-state index is 0.378. The second-order valence-corrected chi connectivity index (χ2v) is 3.08. The Labute approximate surface area is 85.6 Å². The van der Waals surface area contributed by atoms with E-state index in [-0.39, 0.29) is 0 Å².